The van der Waals surface area contributed by atoms with E-state index in [4.69, 9.17) is 5.73 Å². The Labute approximate surface area is 110 Å². The van der Waals surface area contributed by atoms with Crippen molar-refractivity contribution in [3.8, 4) is 0 Å². The average Bonchev–Trinajstić information content (AvgIpc) is 3.05. The molecule has 3 aromatic rings. The zero-order chi connectivity index (χ0) is 13.1. The summed E-state index contributed by atoms with van der Waals surface area (Å²) in [5.74, 6) is 0. The number of fused-ring (bicyclic) bond motifs is 1. The van der Waals surface area contributed by atoms with E-state index in [-0.39, 0.29) is 0 Å². The van der Waals surface area contributed by atoms with Crippen molar-refractivity contribution >= 4 is 22.3 Å². The van der Waals surface area contributed by atoms with Crippen molar-refractivity contribution in [2.24, 2.45) is 0 Å². The van der Waals surface area contributed by atoms with Crippen molar-refractivity contribution in [3.63, 3.8) is 0 Å². The number of benzene rings is 1. The summed E-state index contributed by atoms with van der Waals surface area (Å²) < 4.78 is 1.92. The van der Waals surface area contributed by atoms with Crippen LogP contribution in [0.5, 0.6) is 0 Å². The highest BCUT2D eigenvalue weighted by molar-refractivity contribution is 5.88. The molecule has 0 saturated carbocycles. The number of nitrogens with zero attached hydrogens (tertiary/aromatic N) is 3. The van der Waals surface area contributed by atoms with E-state index >= 15 is 0 Å². The molecule has 3 rings (SSSR count). The highest BCUT2D eigenvalue weighted by Crippen LogP contribution is 2.24. The molecular formula is C13H16N6. The normalized spacial score (nSPS) is 10.9. The maximum atomic E-state index is 6.00. The van der Waals surface area contributed by atoms with Gasteiger partial charge in [0.1, 0.15) is 0 Å². The van der Waals surface area contributed by atoms with E-state index in [2.05, 4.69) is 20.6 Å². The number of rotatable bonds is 5. The molecule has 0 saturated heterocycles. The maximum absolute atomic E-state index is 6.00. The molecule has 0 fully saturated rings. The Balaban J connectivity index is 1.60. The van der Waals surface area contributed by atoms with E-state index in [9.17, 15) is 0 Å². The Morgan fingerprint density at radius 2 is 2.32 bits per heavy atom. The number of hydrogen-bond acceptors (Lipinski definition) is 4. The van der Waals surface area contributed by atoms with Gasteiger partial charge in [-0.15, -0.1) is 0 Å². The molecule has 0 aliphatic rings. The number of nitrogens with one attached hydrogen (secondary N) is 2. The van der Waals surface area contributed by atoms with Crippen LogP contribution >= 0.6 is 0 Å². The third-order valence-electron chi connectivity index (χ3n) is 3.05. The van der Waals surface area contributed by atoms with Crippen LogP contribution in [-0.4, -0.2) is 26.5 Å². The van der Waals surface area contributed by atoms with Crippen LogP contribution in [0.3, 0.4) is 0 Å². The molecule has 4 N–H and O–H groups in total. The third kappa shape index (κ3) is 2.52. The van der Waals surface area contributed by atoms with Gasteiger partial charge in [0.25, 0.3) is 0 Å². The summed E-state index contributed by atoms with van der Waals surface area (Å²) in [7, 11) is 0. The molecule has 6 heteroatoms. The highest BCUT2D eigenvalue weighted by atomic mass is 15.3. The first kappa shape index (κ1) is 11.6. The van der Waals surface area contributed by atoms with Crippen LogP contribution in [0.1, 0.15) is 6.42 Å². The molecule has 2 heterocycles. The molecule has 0 aliphatic carbocycles. The summed E-state index contributed by atoms with van der Waals surface area (Å²) in [5, 5.41) is 15.5. The molecule has 0 aliphatic heterocycles. The molecule has 0 radical (unpaired) electrons. The van der Waals surface area contributed by atoms with Crippen LogP contribution in [0.25, 0.3) is 10.9 Å². The van der Waals surface area contributed by atoms with Gasteiger partial charge in [-0.05, 0) is 24.6 Å². The molecule has 0 atom stereocenters. The summed E-state index contributed by atoms with van der Waals surface area (Å²) in [6.07, 6.45) is 6.51. The zero-order valence-electron chi connectivity index (χ0n) is 10.5. The summed E-state index contributed by atoms with van der Waals surface area (Å²) in [6, 6.07) is 5.85. The van der Waals surface area contributed by atoms with Crippen molar-refractivity contribution in [1.29, 1.82) is 0 Å². The van der Waals surface area contributed by atoms with Crippen LogP contribution in [0.4, 0.5) is 11.4 Å². The molecule has 98 valence electrons. The minimum atomic E-state index is 0.744. The highest BCUT2D eigenvalue weighted by Gasteiger charge is 2.03. The molecule has 0 bridgehead atoms. The van der Waals surface area contributed by atoms with Crippen molar-refractivity contribution in [3.05, 3.63) is 36.8 Å². The monoisotopic (exact) mass is 256 g/mol. The van der Waals surface area contributed by atoms with E-state index in [1.54, 1.807) is 12.4 Å². The Bertz CT molecular complexity index is 655. The Morgan fingerprint density at radius 1 is 1.37 bits per heavy atom. The number of aromatic amines is 1. The van der Waals surface area contributed by atoms with Gasteiger partial charge in [0.05, 0.1) is 23.1 Å². The number of aryl methyl sites for hydroxylation is 1. The number of anilines is 2. The van der Waals surface area contributed by atoms with Crippen LogP contribution in [0.15, 0.2) is 36.8 Å². The van der Waals surface area contributed by atoms with Crippen LogP contribution in [0, 0.1) is 0 Å². The first-order chi connectivity index (χ1) is 9.33. The predicted octanol–water partition coefficient (Wildman–Crippen LogP) is 1.84. The molecule has 0 amide bonds. The number of nitrogens with two attached hydrogens (primary N) is 1. The van der Waals surface area contributed by atoms with Crippen molar-refractivity contribution < 1.29 is 0 Å². The molecule has 2 aromatic heterocycles. The first-order valence-electron chi connectivity index (χ1n) is 6.27. The fraction of sp³-hybridized carbons (Fsp3) is 0.231. The molecule has 6 nitrogen and oxygen atoms in total. The lowest BCUT2D eigenvalue weighted by Crippen LogP contribution is -2.08. The second kappa shape index (κ2) is 5.01. The zero-order valence-corrected chi connectivity index (χ0v) is 10.5. The van der Waals surface area contributed by atoms with Gasteiger partial charge >= 0.3 is 0 Å². The summed E-state index contributed by atoms with van der Waals surface area (Å²) in [4.78, 5) is 0. The summed E-state index contributed by atoms with van der Waals surface area (Å²) >= 11 is 0. The van der Waals surface area contributed by atoms with Crippen molar-refractivity contribution in [2.45, 2.75) is 13.0 Å². The van der Waals surface area contributed by atoms with E-state index in [0.29, 0.717) is 0 Å². The van der Waals surface area contributed by atoms with Crippen molar-refractivity contribution in [1.82, 2.24) is 20.0 Å². The van der Waals surface area contributed by atoms with Gasteiger partial charge in [-0.3, -0.25) is 9.78 Å². The van der Waals surface area contributed by atoms with Gasteiger partial charge in [-0.1, -0.05) is 0 Å². The van der Waals surface area contributed by atoms with E-state index < -0.39 is 0 Å². The van der Waals surface area contributed by atoms with Crippen LogP contribution < -0.4 is 11.1 Å². The lowest BCUT2D eigenvalue weighted by Gasteiger charge is -2.09. The van der Waals surface area contributed by atoms with Crippen molar-refractivity contribution in [2.75, 3.05) is 17.6 Å². The number of aromatic nitrogens is 4. The predicted molar refractivity (Wildman–Crippen MR) is 75.8 cm³/mol. The molecule has 1 aromatic carbocycles. The topological polar surface area (TPSA) is 84.5 Å². The number of nitrogen functional groups attached to an aromatic ring is 1. The van der Waals surface area contributed by atoms with Gasteiger partial charge in [-0.2, -0.15) is 10.2 Å². The van der Waals surface area contributed by atoms with E-state index in [0.717, 1.165) is 41.8 Å². The fourth-order valence-electron chi connectivity index (χ4n) is 2.06. The smallest absolute Gasteiger partial charge is 0.0672 e. The third-order valence-corrected chi connectivity index (χ3v) is 3.05. The van der Waals surface area contributed by atoms with Gasteiger partial charge in [0.2, 0.25) is 0 Å². The van der Waals surface area contributed by atoms with Crippen LogP contribution in [-0.2, 0) is 6.54 Å². The number of hydrogen-bond donors (Lipinski definition) is 3. The second-order valence-corrected chi connectivity index (χ2v) is 4.45. The number of H-pyrrole nitrogens is 1. The quantitative estimate of drug-likeness (QED) is 0.480. The maximum Gasteiger partial charge on any atom is 0.0672 e. The van der Waals surface area contributed by atoms with Gasteiger partial charge < -0.3 is 11.1 Å². The Kier molecular flexibility index (Phi) is 3.06. The first-order valence-corrected chi connectivity index (χ1v) is 6.27. The summed E-state index contributed by atoms with van der Waals surface area (Å²) in [5.41, 5.74) is 8.68. The Morgan fingerprint density at radius 3 is 3.16 bits per heavy atom. The average molecular weight is 256 g/mol. The SMILES string of the molecule is Nc1cc2cn[nH]c2cc1NCCCn1cccn1. The van der Waals surface area contributed by atoms with Gasteiger partial charge in [-0.25, -0.2) is 0 Å². The summed E-state index contributed by atoms with van der Waals surface area (Å²) in [6.45, 7) is 1.75. The largest absolute Gasteiger partial charge is 0.397 e. The lowest BCUT2D eigenvalue weighted by molar-refractivity contribution is 0.592. The molecule has 0 unspecified atom stereocenters. The minimum Gasteiger partial charge on any atom is -0.397 e. The second-order valence-electron chi connectivity index (χ2n) is 4.45. The minimum absolute atomic E-state index is 0.744. The molecule has 0 spiro atoms. The van der Waals surface area contributed by atoms with Gasteiger partial charge in [0, 0.05) is 30.9 Å². The fourth-order valence-corrected chi connectivity index (χ4v) is 2.06. The van der Waals surface area contributed by atoms with E-state index in [1.165, 1.54) is 0 Å². The standard InChI is InChI=1S/C13H16N6/c14-11-7-10-9-16-18-12(10)8-13(11)15-3-1-5-19-6-2-4-17-19/h2,4,6-9,15H,1,3,5,14H2,(H,16,18). The Hall–Kier alpha value is -2.50. The molecular weight excluding hydrogens is 240 g/mol. The van der Waals surface area contributed by atoms with E-state index in [1.807, 2.05) is 29.1 Å². The molecule has 19 heavy (non-hydrogen) atoms. The van der Waals surface area contributed by atoms with Gasteiger partial charge in [0.15, 0.2) is 0 Å². The van der Waals surface area contributed by atoms with Crippen LogP contribution in [0.2, 0.25) is 0 Å². The lowest BCUT2D eigenvalue weighted by atomic mass is 10.2.